The zero-order valence-corrected chi connectivity index (χ0v) is 11.5. The van der Waals surface area contributed by atoms with Crippen LogP contribution in [0.4, 0.5) is 0 Å². The highest BCUT2D eigenvalue weighted by Gasteiger charge is 2.25. The van der Waals surface area contributed by atoms with Crippen molar-refractivity contribution >= 4 is 0 Å². The van der Waals surface area contributed by atoms with E-state index in [2.05, 4.69) is 25.2 Å². The molecule has 3 rings (SSSR count). The first-order valence-electron chi connectivity index (χ1n) is 6.98. The molecule has 1 aromatic carbocycles. The van der Waals surface area contributed by atoms with Crippen LogP contribution in [-0.4, -0.2) is 32.4 Å². The van der Waals surface area contributed by atoms with Crippen LogP contribution in [0.1, 0.15) is 25.5 Å². The molecule has 2 heterocycles. The molecule has 0 spiro atoms. The lowest BCUT2D eigenvalue weighted by molar-refractivity contribution is -0.00732. The molecule has 104 valence electrons. The van der Waals surface area contributed by atoms with E-state index in [9.17, 15) is 0 Å². The third-order valence-corrected chi connectivity index (χ3v) is 3.79. The Morgan fingerprint density at radius 1 is 1.16 bits per heavy atom. The first-order chi connectivity index (χ1) is 9.24. The van der Waals surface area contributed by atoms with Crippen LogP contribution in [0, 0.1) is 5.92 Å². The van der Waals surface area contributed by atoms with E-state index >= 15 is 0 Å². The molecule has 0 bridgehead atoms. The van der Waals surface area contributed by atoms with E-state index in [0.717, 1.165) is 30.2 Å². The van der Waals surface area contributed by atoms with Gasteiger partial charge in [0.05, 0.1) is 12.7 Å². The zero-order chi connectivity index (χ0) is 13.2. The van der Waals surface area contributed by atoms with Gasteiger partial charge in [-0.25, -0.2) is 0 Å². The van der Waals surface area contributed by atoms with Crippen molar-refractivity contribution in [2.45, 2.75) is 26.0 Å². The van der Waals surface area contributed by atoms with E-state index in [1.165, 1.54) is 0 Å². The monoisotopic (exact) mass is 263 g/mol. The summed E-state index contributed by atoms with van der Waals surface area (Å²) in [5.41, 5.74) is 1.15. The molecule has 0 saturated carbocycles. The average molecular weight is 263 g/mol. The summed E-state index contributed by atoms with van der Waals surface area (Å²) in [6, 6.07) is 6.53. The Hall–Kier alpha value is -1.26. The number of benzene rings is 1. The molecule has 4 heteroatoms. The normalized spacial score (nSPS) is 26.5. The van der Waals surface area contributed by atoms with Crippen LogP contribution in [0.25, 0.3) is 0 Å². The minimum atomic E-state index is 0.103. The van der Waals surface area contributed by atoms with Crippen LogP contribution >= 0.6 is 0 Å². The summed E-state index contributed by atoms with van der Waals surface area (Å²) >= 11 is 0. The number of hydrogen-bond donors (Lipinski definition) is 1. The molecule has 2 aliphatic rings. The second-order valence-electron chi connectivity index (χ2n) is 5.48. The van der Waals surface area contributed by atoms with Gasteiger partial charge >= 0.3 is 0 Å². The quantitative estimate of drug-likeness (QED) is 0.887. The molecule has 0 aromatic heterocycles. The minimum Gasteiger partial charge on any atom is -0.486 e. The fourth-order valence-electron chi connectivity index (χ4n) is 2.50. The summed E-state index contributed by atoms with van der Waals surface area (Å²) in [6.45, 7) is 7.29. The second kappa shape index (κ2) is 5.39. The maximum atomic E-state index is 5.97. The van der Waals surface area contributed by atoms with Gasteiger partial charge in [-0.1, -0.05) is 19.9 Å². The van der Waals surface area contributed by atoms with Crippen LogP contribution in [0.5, 0.6) is 11.5 Å². The van der Waals surface area contributed by atoms with Crippen molar-refractivity contribution in [1.82, 2.24) is 5.32 Å². The maximum absolute atomic E-state index is 5.97. The summed E-state index contributed by atoms with van der Waals surface area (Å²) in [7, 11) is 0. The highest BCUT2D eigenvalue weighted by Crippen LogP contribution is 2.34. The Morgan fingerprint density at radius 2 is 1.95 bits per heavy atom. The van der Waals surface area contributed by atoms with Gasteiger partial charge < -0.3 is 19.5 Å². The van der Waals surface area contributed by atoms with E-state index in [1.807, 2.05) is 12.1 Å². The molecule has 2 atom stereocenters. The number of nitrogens with one attached hydrogen (secondary N) is 1. The Kier molecular flexibility index (Phi) is 3.62. The Bertz CT molecular complexity index is 439. The molecule has 2 unspecified atom stereocenters. The minimum absolute atomic E-state index is 0.103. The Balaban J connectivity index is 1.70. The van der Waals surface area contributed by atoms with E-state index in [1.54, 1.807) is 0 Å². The molecular formula is C15H21NO3. The van der Waals surface area contributed by atoms with Crippen molar-refractivity contribution < 1.29 is 14.2 Å². The third kappa shape index (κ3) is 2.69. The fraction of sp³-hybridized carbons (Fsp3) is 0.600. The molecular weight excluding hydrogens is 242 g/mol. The lowest BCUT2D eigenvalue weighted by Gasteiger charge is -2.33. The van der Waals surface area contributed by atoms with E-state index < -0.39 is 0 Å². The molecule has 0 radical (unpaired) electrons. The van der Waals surface area contributed by atoms with Crippen LogP contribution in [0.3, 0.4) is 0 Å². The summed E-state index contributed by atoms with van der Waals surface area (Å²) in [4.78, 5) is 0. The van der Waals surface area contributed by atoms with Crippen LogP contribution in [0.15, 0.2) is 18.2 Å². The number of rotatable bonds is 2. The van der Waals surface area contributed by atoms with Crippen molar-refractivity contribution in [3.8, 4) is 11.5 Å². The molecule has 1 saturated heterocycles. The standard InChI is InChI=1S/C15H21NO3/c1-10(2)12-9-19-15(8-16-12)11-3-4-13-14(7-11)18-6-5-17-13/h3-4,7,10,12,15-16H,5-6,8-9H2,1-2H3. The molecule has 1 aromatic rings. The van der Waals surface area contributed by atoms with Crippen molar-refractivity contribution in [1.29, 1.82) is 0 Å². The summed E-state index contributed by atoms with van der Waals surface area (Å²) < 4.78 is 17.1. The zero-order valence-electron chi connectivity index (χ0n) is 11.5. The Labute approximate surface area is 114 Å². The maximum Gasteiger partial charge on any atom is 0.161 e. The first kappa shape index (κ1) is 12.8. The Morgan fingerprint density at radius 3 is 2.63 bits per heavy atom. The topological polar surface area (TPSA) is 39.7 Å². The highest BCUT2D eigenvalue weighted by atomic mass is 16.6. The number of morpholine rings is 1. The van der Waals surface area contributed by atoms with Gasteiger partial charge in [0.25, 0.3) is 0 Å². The molecule has 1 fully saturated rings. The van der Waals surface area contributed by atoms with Crippen LogP contribution in [0.2, 0.25) is 0 Å². The summed E-state index contributed by atoms with van der Waals surface area (Å²) in [5.74, 6) is 2.26. The molecule has 2 aliphatic heterocycles. The van der Waals surface area contributed by atoms with Gasteiger partial charge in [0.1, 0.15) is 13.2 Å². The van der Waals surface area contributed by atoms with Crippen LogP contribution < -0.4 is 14.8 Å². The lowest BCUT2D eigenvalue weighted by Crippen LogP contribution is -2.45. The van der Waals surface area contributed by atoms with Crippen molar-refractivity contribution in [2.75, 3.05) is 26.4 Å². The number of ether oxygens (including phenoxy) is 3. The molecule has 1 N–H and O–H groups in total. The fourth-order valence-corrected chi connectivity index (χ4v) is 2.50. The summed E-state index contributed by atoms with van der Waals surface area (Å²) in [6.07, 6.45) is 0.103. The molecule has 0 amide bonds. The van der Waals surface area contributed by atoms with E-state index in [0.29, 0.717) is 25.2 Å². The number of hydrogen-bond acceptors (Lipinski definition) is 4. The van der Waals surface area contributed by atoms with Gasteiger partial charge in [0, 0.05) is 12.6 Å². The predicted octanol–water partition coefficient (Wildman–Crippen LogP) is 2.14. The van der Waals surface area contributed by atoms with Gasteiger partial charge in [-0.3, -0.25) is 0 Å². The van der Waals surface area contributed by atoms with Gasteiger partial charge in [-0.2, -0.15) is 0 Å². The highest BCUT2D eigenvalue weighted by molar-refractivity contribution is 5.44. The summed E-state index contributed by atoms with van der Waals surface area (Å²) in [5, 5.41) is 3.55. The van der Waals surface area contributed by atoms with Gasteiger partial charge in [0.15, 0.2) is 11.5 Å². The molecule has 19 heavy (non-hydrogen) atoms. The lowest BCUT2D eigenvalue weighted by atomic mass is 10.0. The second-order valence-corrected chi connectivity index (χ2v) is 5.48. The van der Waals surface area contributed by atoms with E-state index in [-0.39, 0.29) is 6.10 Å². The molecule has 4 nitrogen and oxygen atoms in total. The van der Waals surface area contributed by atoms with E-state index in [4.69, 9.17) is 14.2 Å². The first-order valence-corrected chi connectivity index (χ1v) is 6.98. The molecule has 0 aliphatic carbocycles. The smallest absolute Gasteiger partial charge is 0.161 e. The number of fused-ring (bicyclic) bond motifs is 1. The predicted molar refractivity (Wildman–Crippen MR) is 72.8 cm³/mol. The van der Waals surface area contributed by atoms with Crippen molar-refractivity contribution in [3.05, 3.63) is 23.8 Å². The van der Waals surface area contributed by atoms with Crippen molar-refractivity contribution in [3.63, 3.8) is 0 Å². The SMILES string of the molecule is CC(C)C1COC(c2ccc3c(c2)OCCO3)CN1. The van der Waals surface area contributed by atoms with Crippen LogP contribution in [-0.2, 0) is 4.74 Å². The third-order valence-electron chi connectivity index (χ3n) is 3.79. The average Bonchev–Trinajstić information content (AvgIpc) is 2.47. The largest absolute Gasteiger partial charge is 0.486 e. The van der Waals surface area contributed by atoms with Gasteiger partial charge in [-0.05, 0) is 23.6 Å². The van der Waals surface area contributed by atoms with Crippen molar-refractivity contribution in [2.24, 2.45) is 5.92 Å². The van der Waals surface area contributed by atoms with Gasteiger partial charge in [0.2, 0.25) is 0 Å². The van der Waals surface area contributed by atoms with Gasteiger partial charge in [-0.15, -0.1) is 0 Å².